The number of piperazine rings is 1. The highest BCUT2D eigenvalue weighted by atomic mass is 15.3. The van der Waals surface area contributed by atoms with Crippen LogP contribution in [-0.4, -0.2) is 81.3 Å². The van der Waals surface area contributed by atoms with Gasteiger partial charge in [-0.1, -0.05) is 37.5 Å². The van der Waals surface area contributed by atoms with Gasteiger partial charge in [0.2, 0.25) is 0 Å². The number of aromatic nitrogens is 2. The van der Waals surface area contributed by atoms with Gasteiger partial charge in [-0.15, -0.1) is 0 Å². The third-order valence-electron chi connectivity index (χ3n) is 8.39. The molecule has 2 N–H and O–H groups in total. The number of nitrogens with zero attached hydrogens (tertiary/aromatic N) is 5. The van der Waals surface area contributed by atoms with Crippen molar-refractivity contribution in [2.24, 2.45) is 5.92 Å². The van der Waals surface area contributed by atoms with Crippen LogP contribution in [0.1, 0.15) is 70.7 Å². The highest BCUT2D eigenvalue weighted by Gasteiger charge is 2.28. The first-order valence-corrected chi connectivity index (χ1v) is 14.3. The van der Waals surface area contributed by atoms with E-state index in [2.05, 4.69) is 65.9 Å². The Hall–Kier alpha value is -1.96. The van der Waals surface area contributed by atoms with Crippen molar-refractivity contribution in [1.29, 1.82) is 0 Å². The van der Waals surface area contributed by atoms with Gasteiger partial charge < -0.3 is 25.3 Å². The summed E-state index contributed by atoms with van der Waals surface area (Å²) in [5.74, 6) is 3.57. The van der Waals surface area contributed by atoms with Crippen LogP contribution in [0.2, 0.25) is 0 Å². The molecule has 1 aromatic heterocycles. The van der Waals surface area contributed by atoms with E-state index in [-0.39, 0.29) is 6.04 Å². The largest absolute Gasteiger partial charge is 0.355 e. The second kappa shape index (κ2) is 13.0. The first kappa shape index (κ1) is 27.1. The highest BCUT2D eigenvalue weighted by molar-refractivity contribution is 5.52. The fraction of sp³-hybridized carbons (Fsp3) is 0.724. The summed E-state index contributed by atoms with van der Waals surface area (Å²) >= 11 is 0. The van der Waals surface area contributed by atoms with Gasteiger partial charge in [0.05, 0.1) is 6.04 Å². The summed E-state index contributed by atoms with van der Waals surface area (Å²) in [6.45, 7) is 17.4. The molecular formula is C29H49N7. The SMILES string of the molecule is C=C1CCCCC1/C(C)=C(\CCC)C(NC)c1nc(N2CCCNCC2)cc(N2CCN(C)CC2)n1. The molecule has 0 amide bonds. The van der Waals surface area contributed by atoms with Crippen molar-refractivity contribution in [3.8, 4) is 0 Å². The Morgan fingerprint density at radius 1 is 1.06 bits per heavy atom. The molecule has 2 saturated heterocycles. The third-order valence-corrected chi connectivity index (χ3v) is 8.39. The minimum absolute atomic E-state index is 0.0240. The molecule has 4 rings (SSSR count). The van der Waals surface area contributed by atoms with E-state index in [1.165, 1.54) is 36.0 Å². The molecular weight excluding hydrogens is 446 g/mol. The van der Waals surface area contributed by atoms with Crippen LogP contribution in [0.5, 0.6) is 0 Å². The monoisotopic (exact) mass is 495 g/mol. The van der Waals surface area contributed by atoms with Crippen LogP contribution in [0, 0.1) is 5.92 Å². The smallest absolute Gasteiger partial charge is 0.154 e. The fourth-order valence-corrected chi connectivity index (χ4v) is 6.13. The average Bonchev–Trinajstić information content (AvgIpc) is 3.19. The Morgan fingerprint density at radius 3 is 2.44 bits per heavy atom. The fourth-order valence-electron chi connectivity index (χ4n) is 6.13. The van der Waals surface area contributed by atoms with E-state index >= 15 is 0 Å². The van der Waals surface area contributed by atoms with Crippen LogP contribution in [0.25, 0.3) is 0 Å². The van der Waals surface area contributed by atoms with Crippen molar-refractivity contribution in [1.82, 2.24) is 25.5 Å². The zero-order valence-corrected chi connectivity index (χ0v) is 23.3. The first-order chi connectivity index (χ1) is 17.5. The molecule has 0 radical (unpaired) electrons. The number of rotatable bonds is 8. The van der Waals surface area contributed by atoms with Crippen molar-refractivity contribution in [3.63, 3.8) is 0 Å². The molecule has 0 bridgehead atoms. The molecule has 7 heteroatoms. The summed E-state index contributed by atoms with van der Waals surface area (Å²) in [7, 11) is 4.28. The Kier molecular flexibility index (Phi) is 9.80. The highest BCUT2D eigenvalue weighted by Crippen LogP contribution is 2.39. The summed E-state index contributed by atoms with van der Waals surface area (Å²) in [6, 6.07) is 2.27. The van der Waals surface area contributed by atoms with Gasteiger partial charge in [-0.2, -0.15) is 0 Å². The zero-order chi connectivity index (χ0) is 25.5. The molecule has 1 aliphatic carbocycles. The molecule has 200 valence electrons. The average molecular weight is 496 g/mol. The van der Waals surface area contributed by atoms with Gasteiger partial charge in [-0.25, -0.2) is 9.97 Å². The van der Waals surface area contributed by atoms with E-state index in [4.69, 9.17) is 9.97 Å². The second-order valence-electron chi connectivity index (χ2n) is 11.0. The molecule has 3 aliphatic rings. The van der Waals surface area contributed by atoms with Crippen molar-refractivity contribution >= 4 is 11.6 Å². The molecule has 36 heavy (non-hydrogen) atoms. The summed E-state index contributed by atoms with van der Waals surface area (Å²) in [5, 5.41) is 7.19. The minimum atomic E-state index is 0.0240. The standard InChI is InChI=1S/C29H49N7/c1-6-10-25(23(3)24-12-8-7-11-22(24)2)28(30-4)29-32-26(35-15-9-13-31-14-16-35)21-27(33-29)36-19-17-34(5)18-20-36/h21,24,28,30-31H,2,6-20H2,1,3-5H3/b25-23+. The van der Waals surface area contributed by atoms with Gasteiger partial charge >= 0.3 is 0 Å². The lowest BCUT2D eigenvalue weighted by molar-refractivity contribution is 0.312. The zero-order valence-electron chi connectivity index (χ0n) is 23.3. The van der Waals surface area contributed by atoms with Crippen molar-refractivity contribution in [2.45, 2.75) is 64.8 Å². The minimum Gasteiger partial charge on any atom is -0.355 e. The lowest BCUT2D eigenvalue weighted by atomic mass is 9.77. The molecule has 2 aliphatic heterocycles. The van der Waals surface area contributed by atoms with Crippen LogP contribution in [0.3, 0.4) is 0 Å². The van der Waals surface area contributed by atoms with Crippen LogP contribution >= 0.6 is 0 Å². The Morgan fingerprint density at radius 2 is 1.78 bits per heavy atom. The maximum atomic E-state index is 5.26. The topological polar surface area (TPSA) is 59.6 Å². The molecule has 2 atom stereocenters. The van der Waals surface area contributed by atoms with Gasteiger partial charge in [0.1, 0.15) is 11.6 Å². The van der Waals surface area contributed by atoms with Crippen LogP contribution in [-0.2, 0) is 0 Å². The van der Waals surface area contributed by atoms with Gasteiger partial charge in [-0.05, 0) is 65.2 Å². The molecule has 3 heterocycles. The Balaban J connectivity index is 1.74. The van der Waals surface area contributed by atoms with Gasteiger partial charge in [0.15, 0.2) is 5.82 Å². The van der Waals surface area contributed by atoms with E-state index in [0.717, 1.165) is 95.5 Å². The number of likely N-dealkylation sites (N-methyl/N-ethyl adjacent to an activating group) is 2. The van der Waals surface area contributed by atoms with Gasteiger partial charge in [-0.3, -0.25) is 0 Å². The summed E-state index contributed by atoms with van der Waals surface area (Å²) in [5.41, 5.74) is 4.37. The van der Waals surface area contributed by atoms with E-state index in [0.29, 0.717) is 5.92 Å². The number of hydrogen-bond donors (Lipinski definition) is 2. The van der Waals surface area contributed by atoms with Crippen LogP contribution in [0.4, 0.5) is 11.6 Å². The van der Waals surface area contributed by atoms with Crippen molar-refractivity contribution in [3.05, 3.63) is 35.2 Å². The van der Waals surface area contributed by atoms with E-state index in [1.54, 1.807) is 0 Å². The predicted octanol–water partition coefficient (Wildman–Crippen LogP) is 4.15. The van der Waals surface area contributed by atoms with E-state index in [1.807, 2.05) is 0 Å². The molecule has 2 unspecified atom stereocenters. The third kappa shape index (κ3) is 6.48. The molecule has 1 aromatic rings. The summed E-state index contributed by atoms with van der Waals surface area (Å²) < 4.78 is 0. The van der Waals surface area contributed by atoms with Crippen LogP contribution in [0.15, 0.2) is 29.4 Å². The molecule has 3 fully saturated rings. The Labute approximate surface area is 219 Å². The lowest BCUT2D eigenvalue weighted by Crippen LogP contribution is -2.45. The number of hydrogen-bond acceptors (Lipinski definition) is 7. The number of nitrogens with one attached hydrogen (secondary N) is 2. The van der Waals surface area contributed by atoms with E-state index < -0.39 is 0 Å². The quantitative estimate of drug-likeness (QED) is 0.526. The van der Waals surface area contributed by atoms with Gasteiger partial charge in [0, 0.05) is 57.8 Å². The number of anilines is 2. The second-order valence-corrected chi connectivity index (χ2v) is 11.0. The van der Waals surface area contributed by atoms with Crippen molar-refractivity contribution < 1.29 is 0 Å². The van der Waals surface area contributed by atoms with E-state index in [9.17, 15) is 0 Å². The van der Waals surface area contributed by atoms with Crippen molar-refractivity contribution in [2.75, 3.05) is 76.3 Å². The first-order valence-electron chi connectivity index (χ1n) is 14.3. The molecule has 7 nitrogen and oxygen atoms in total. The Bertz CT molecular complexity index is 895. The molecule has 0 aromatic carbocycles. The molecule has 0 spiro atoms. The molecule has 1 saturated carbocycles. The number of allylic oxidation sites excluding steroid dienone is 2. The predicted molar refractivity (Wildman–Crippen MR) is 152 cm³/mol. The maximum absolute atomic E-state index is 5.26. The summed E-state index contributed by atoms with van der Waals surface area (Å²) in [6.07, 6.45) is 8.29. The normalized spacial score (nSPS) is 23.9. The van der Waals surface area contributed by atoms with Gasteiger partial charge in [0.25, 0.3) is 0 Å². The van der Waals surface area contributed by atoms with Crippen LogP contribution < -0.4 is 20.4 Å². The lowest BCUT2D eigenvalue weighted by Gasteiger charge is -2.35. The summed E-state index contributed by atoms with van der Waals surface area (Å²) in [4.78, 5) is 17.8. The maximum Gasteiger partial charge on any atom is 0.154 e.